The first-order valence-electron chi connectivity index (χ1n) is 8.77. The molecule has 0 unspecified atom stereocenters. The number of hydrogen-bond acceptors (Lipinski definition) is 5. The van der Waals surface area contributed by atoms with Gasteiger partial charge in [-0.1, -0.05) is 41.9 Å². The Morgan fingerprint density at radius 2 is 1.71 bits per heavy atom. The van der Waals surface area contributed by atoms with E-state index in [-0.39, 0.29) is 5.78 Å². The largest absolute Gasteiger partial charge is 0.455 e. The zero-order chi connectivity index (χ0) is 20.5. The molecule has 2 rings (SSSR count). The zero-order valence-corrected chi connectivity index (χ0v) is 17.3. The molecular formula is C21H22ClNO4S. The maximum Gasteiger partial charge on any atom is 0.319 e. The molecule has 2 aromatic rings. The first-order valence-corrected chi connectivity index (χ1v) is 10.0. The van der Waals surface area contributed by atoms with E-state index in [9.17, 15) is 14.4 Å². The zero-order valence-electron chi connectivity index (χ0n) is 15.7. The summed E-state index contributed by atoms with van der Waals surface area (Å²) in [7, 11) is 0. The minimum absolute atomic E-state index is 0.157. The summed E-state index contributed by atoms with van der Waals surface area (Å²) in [6.07, 6.45) is 0.388. The van der Waals surface area contributed by atoms with E-state index >= 15 is 0 Å². The third-order valence-corrected chi connectivity index (χ3v) is 5.25. The summed E-state index contributed by atoms with van der Waals surface area (Å²) < 4.78 is 5.08. The lowest BCUT2D eigenvalue weighted by atomic mass is 10.0. The van der Waals surface area contributed by atoms with Crippen LogP contribution < -0.4 is 5.32 Å². The summed E-state index contributed by atoms with van der Waals surface area (Å²) in [5.41, 5.74) is 0.938. The monoisotopic (exact) mass is 419 g/mol. The van der Waals surface area contributed by atoms with Gasteiger partial charge in [-0.15, -0.1) is 11.8 Å². The number of thioether (sulfide) groups is 1. The van der Waals surface area contributed by atoms with Gasteiger partial charge in [0, 0.05) is 9.92 Å². The first kappa shape index (κ1) is 22.0. The molecule has 7 heteroatoms. The lowest BCUT2D eigenvalue weighted by Gasteiger charge is -2.17. The Balaban J connectivity index is 1.81. The number of carbonyl (C=O) groups excluding carboxylic acids is 3. The van der Waals surface area contributed by atoms with Crippen LogP contribution in [-0.4, -0.2) is 35.6 Å². The number of Topliss-reactive ketones (excluding diaryl/α,β-unsaturated/α-hetero) is 1. The molecule has 28 heavy (non-hydrogen) atoms. The fraction of sp³-hybridized carbons (Fsp3) is 0.286. The van der Waals surface area contributed by atoms with Crippen LogP contribution in [0.1, 0.15) is 19.4 Å². The Labute approximate surface area is 173 Å². The van der Waals surface area contributed by atoms with E-state index in [2.05, 4.69) is 5.32 Å². The molecule has 0 heterocycles. The predicted octanol–water partition coefficient (Wildman–Crippen LogP) is 3.68. The van der Waals surface area contributed by atoms with Crippen LogP contribution in [0.3, 0.4) is 0 Å². The summed E-state index contributed by atoms with van der Waals surface area (Å²) in [5, 5.41) is 2.76. The molecule has 0 aliphatic heterocycles. The van der Waals surface area contributed by atoms with Crippen LogP contribution in [0.25, 0.3) is 0 Å². The number of nitrogens with one attached hydrogen (secondary N) is 1. The summed E-state index contributed by atoms with van der Waals surface area (Å²) in [4.78, 5) is 36.9. The molecule has 0 spiro atoms. The minimum atomic E-state index is -0.658. The number of halogens is 1. The number of amides is 1. The van der Waals surface area contributed by atoms with E-state index in [0.717, 1.165) is 10.5 Å². The van der Waals surface area contributed by atoms with E-state index in [0.29, 0.717) is 11.4 Å². The van der Waals surface area contributed by atoms with Gasteiger partial charge in [0.2, 0.25) is 0 Å². The van der Waals surface area contributed by atoms with Crippen molar-refractivity contribution in [2.24, 2.45) is 0 Å². The lowest BCUT2D eigenvalue weighted by Crippen LogP contribution is -2.43. The highest BCUT2D eigenvalue weighted by atomic mass is 35.5. The highest BCUT2D eigenvalue weighted by Crippen LogP contribution is 2.25. The van der Waals surface area contributed by atoms with Crippen LogP contribution in [0.5, 0.6) is 0 Å². The molecule has 0 saturated heterocycles. The van der Waals surface area contributed by atoms with Crippen LogP contribution in [0.4, 0.5) is 0 Å². The fourth-order valence-corrected chi connectivity index (χ4v) is 3.39. The van der Waals surface area contributed by atoms with E-state index in [1.807, 2.05) is 42.5 Å². The van der Waals surface area contributed by atoms with E-state index in [4.69, 9.17) is 16.3 Å². The number of rotatable bonds is 9. The van der Waals surface area contributed by atoms with Gasteiger partial charge in [-0.2, -0.15) is 0 Å². The lowest BCUT2D eigenvalue weighted by molar-refractivity contribution is -0.148. The molecule has 1 amide bonds. The number of ketones is 1. The second kappa shape index (κ2) is 10.9. The summed E-state index contributed by atoms with van der Waals surface area (Å²) >= 11 is 7.15. The summed E-state index contributed by atoms with van der Waals surface area (Å²) in [5.74, 6) is -1.17. The van der Waals surface area contributed by atoms with Crippen molar-refractivity contribution in [2.75, 3.05) is 6.61 Å². The van der Waals surface area contributed by atoms with Crippen molar-refractivity contribution in [3.63, 3.8) is 0 Å². The molecule has 0 fully saturated rings. The van der Waals surface area contributed by atoms with Crippen molar-refractivity contribution in [1.82, 2.24) is 5.32 Å². The van der Waals surface area contributed by atoms with Crippen molar-refractivity contribution in [3.05, 3.63) is 65.2 Å². The number of ether oxygens (including phenoxy) is 1. The van der Waals surface area contributed by atoms with E-state index in [1.54, 1.807) is 19.1 Å². The fourth-order valence-electron chi connectivity index (χ4n) is 2.40. The average molecular weight is 420 g/mol. The van der Waals surface area contributed by atoms with Gasteiger partial charge in [-0.3, -0.25) is 14.4 Å². The van der Waals surface area contributed by atoms with Gasteiger partial charge in [-0.05, 0) is 50.1 Å². The van der Waals surface area contributed by atoms with Gasteiger partial charge in [0.1, 0.15) is 5.25 Å². The summed E-state index contributed by atoms with van der Waals surface area (Å²) in [6.45, 7) is 2.70. The topological polar surface area (TPSA) is 72.5 Å². The predicted molar refractivity (Wildman–Crippen MR) is 110 cm³/mol. The number of esters is 1. The van der Waals surface area contributed by atoms with Gasteiger partial charge in [0.05, 0.1) is 6.04 Å². The van der Waals surface area contributed by atoms with Crippen LogP contribution in [0.15, 0.2) is 59.5 Å². The van der Waals surface area contributed by atoms with Gasteiger partial charge < -0.3 is 10.1 Å². The maximum absolute atomic E-state index is 12.1. The van der Waals surface area contributed by atoms with Crippen molar-refractivity contribution in [3.8, 4) is 0 Å². The molecular weight excluding hydrogens is 398 g/mol. The smallest absolute Gasteiger partial charge is 0.319 e. The molecule has 0 saturated carbocycles. The molecule has 0 aliphatic rings. The third kappa shape index (κ3) is 7.37. The van der Waals surface area contributed by atoms with Crippen molar-refractivity contribution in [2.45, 2.75) is 36.5 Å². The number of carbonyl (C=O) groups is 3. The first-order chi connectivity index (χ1) is 13.3. The van der Waals surface area contributed by atoms with E-state index < -0.39 is 29.8 Å². The van der Waals surface area contributed by atoms with Crippen LogP contribution in [-0.2, 0) is 25.5 Å². The Morgan fingerprint density at radius 3 is 2.32 bits per heavy atom. The van der Waals surface area contributed by atoms with Crippen molar-refractivity contribution < 1.29 is 19.1 Å². The van der Waals surface area contributed by atoms with Crippen molar-refractivity contribution >= 4 is 41.0 Å². The molecule has 2 atom stereocenters. The van der Waals surface area contributed by atoms with Gasteiger partial charge in [-0.25, -0.2) is 0 Å². The second-order valence-electron chi connectivity index (χ2n) is 6.24. The molecule has 148 valence electrons. The minimum Gasteiger partial charge on any atom is -0.455 e. The second-order valence-corrected chi connectivity index (χ2v) is 8.09. The third-order valence-electron chi connectivity index (χ3n) is 3.91. The maximum atomic E-state index is 12.1. The quantitative estimate of drug-likeness (QED) is 0.495. The Bertz CT molecular complexity index is 811. The molecule has 5 nitrogen and oxygen atoms in total. The highest BCUT2D eigenvalue weighted by Gasteiger charge is 2.21. The molecule has 0 aromatic heterocycles. The molecule has 0 radical (unpaired) electrons. The van der Waals surface area contributed by atoms with Gasteiger partial charge >= 0.3 is 5.97 Å². The molecule has 0 aliphatic carbocycles. The van der Waals surface area contributed by atoms with Gasteiger partial charge in [0.25, 0.3) is 5.91 Å². The van der Waals surface area contributed by atoms with Crippen LogP contribution >= 0.6 is 23.4 Å². The average Bonchev–Trinajstić information content (AvgIpc) is 2.68. The molecule has 2 aromatic carbocycles. The Kier molecular flexibility index (Phi) is 8.54. The molecule has 1 N–H and O–H groups in total. The van der Waals surface area contributed by atoms with Crippen LogP contribution in [0, 0.1) is 0 Å². The molecule has 0 bridgehead atoms. The Hall–Kier alpha value is -2.31. The SMILES string of the molecule is CC(=O)[C@@H](Cc1ccccc1)NC(=O)COC(=O)[C@H](C)Sc1ccc(Cl)cc1. The van der Waals surface area contributed by atoms with Crippen molar-refractivity contribution in [1.29, 1.82) is 0 Å². The standard InChI is InChI=1S/C21H22ClNO4S/c1-14(24)19(12-16-6-4-3-5-7-16)23-20(25)13-27-21(26)15(2)28-18-10-8-17(22)9-11-18/h3-11,15,19H,12-13H2,1-2H3,(H,23,25)/t15-,19+/m0/s1. The Morgan fingerprint density at radius 1 is 1.07 bits per heavy atom. The van der Waals surface area contributed by atoms with Crippen LogP contribution in [0.2, 0.25) is 5.02 Å². The normalized spacial score (nSPS) is 12.7. The number of hydrogen-bond donors (Lipinski definition) is 1. The number of benzene rings is 2. The summed E-state index contributed by atoms with van der Waals surface area (Å²) in [6, 6.07) is 15.8. The highest BCUT2D eigenvalue weighted by molar-refractivity contribution is 8.00. The van der Waals surface area contributed by atoms with Gasteiger partial charge in [0.15, 0.2) is 12.4 Å². The van der Waals surface area contributed by atoms with E-state index in [1.165, 1.54) is 18.7 Å².